The Morgan fingerprint density at radius 2 is 1.57 bits per heavy atom. The molecule has 144 valence electrons. The minimum atomic E-state index is -0.614. The van der Waals surface area contributed by atoms with Gasteiger partial charge in [-0.15, -0.1) is 0 Å². The summed E-state index contributed by atoms with van der Waals surface area (Å²) in [6, 6.07) is 20.7. The average Bonchev–Trinajstić information content (AvgIpc) is 2.73. The molecule has 0 spiro atoms. The molecule has 0 unspecified atom stereocenters. The zero-order valence-electron chi connectivity index (χ0n) is 15.2. The number of carbonyl (C=O) groups excluding carboxylic acids is 2. The van der Waals surface area contributed by atoms with E-state index >= 15 is 0 Å². The molecule has 0 fully saturated rings. The summed E-state index contributed by atoms with van der Waals surface area (Å²) >= 11 is 6.17. The van der Waals surface area contributed by atoms with Crippen LogP contribution in [0.3, 0.4) is 0 Å². The van der Waals surface area contributed by atoms with Gasteiger partial charge in [0.25, 0.3) is 5.91 Å². The predicted octanol–water partition coefficient (Wildman–Crippen LogP) is 3.77. The van der Waals surface area contributed by atoms with Gasteiger partial charge in [-0.05, 0) is 24.1 Å². The molecular formula is C22H20ClNO4. The Morgan fingerprint density at radius 1 is 0.857 bits per heavy atom. The summed E-state index contributed by atoms with van der Waals surface area (Å²) in [6.45, 7) is -0.144. The fourth-order valence-corrected chi connectivity index (χ4v) is 2.95. The van der Waals surface area contributed by atoms with Crippen LogP contribution in [0.2, 0.25) is 5.02 Å². The zero-order valence-corrected chi connectivity index (χ0v) is 15.9. The van der Waals surface area contributed by atoms with Gasteiger partial charge in [-0.1, -0.05) is 66.2 Å². The topological polar surface area (TPSA) is 64.6 Å². The standard InChI is InChI=1S/C22H20ClNO4/c23-19-10-11-20(18-9-5-4-8-17(18)19)27-15-22(26)28-14-21(25)24-13-12-16-6-2-1-3-7-16/h1-11H,12-15H2,(H,24,25). The van der Waals surface area contributed by atoms with E-state index in [1.165, 1.54) is 0 Å². The number of hydrogen-bond donors (Lipinski definition) is 1. The van der Waals surface area contributed by atoms with E-state index in [2.05, 4.69) is 5.32 Å². The minimum absolute atomic E-state index is 0.289. The molecule has 28 heavy (non-hydrogen) atoms. The molecule has 0 aliphatic rings. The number of rotatable bonds is 8. The lowest BCUT2D eigenvalue weighted by Crippen LogP contribution is -2.31. The van der Waals surface area contributed by atoms with Crippen LogP contribution in [-0.4, -0.2) is 31.6 Å². The number of fused-ring (bicyclic) bond motifs is 1. The molecule has 5 nitrogen and oxygen atoms in total. The Bertz CT molecular complexity index is 959. The van der Waals surface area contributed by atoms with Gasteiger partial charge in [0.15, 0.2) is 13.2 Å². The van der Waals surface area contributed by atoms with Crippen molar-refractivity contribution in [2.45, 2.75) is 6.42 Å². The molecule has 0 aliphatic heterocycles. The van der Waals surface area contributed by atoms with E-state index in [0.717, 1.165) is 16.3 Å². The Morgan fingerprint density at radius 3 is 2.36 bits per heavy atom. The highest BCUT2D eigenvalue weighted by molar-refractivity contribution is 6.35. The van der Waals surface area contributed by atoms with Crippen LogP contribution >= 0.6 is 11.6 Å². The highest BCUT2D eigenvalue weighted by Crippen LogP contribution is 2.31. The summed E-state index contributed by atoms with van der Waals surface area (Å²) in [5, 5.41) is 4.98. The summed E-state index contributed by atoms with van der Waals surface area (Å²) < 4.78 is 10.5. The molecule has 0 bridgehead atoms. The third-order valence-corrected chi connectivity index (χ3v) is 4.45. The first-order valence-electron chi connectivity index (χ1n) is 8.90. The zero-order chi connectivity index (χ0) is 19.8. The van der Waals surface area contributed by atoms with Crippen LogP contribution in [0.5, 0.6) is 5.75 Å². The summed E-state index contributed by atoms with van der Waals surface area (Å²) in [5.74, 6) is -0.428. The molecule has 0 heterocycles. The smallest absolute Gasteiger partial charge is 0.344 e. The van der Waals surface area contributed by atoms with E-state index in [1.54, 1.807) is 12.1 Å². The summed E-state index contributed by atoms with van der Waals surface area (Å²) in [6.07, 6.45) is 0.716. The van der Waals surface area contributed by atoms with E-state index < -0.39 is 5.97 Å². The van der Waals surface area contributed by atoms with E-state index in [4.69, 9.17) is 21.1 Å². The van der Waals surface area contributed by atoms with Crippen LogP contribution in [0, 0.1) is 0 Å². The third-order valence-electron chi connectivity index (χ3n) is 4.12. The summed E-state index contributed by atoms with van der Waals surface area (Å²) in [7, 11) is 0. The first kappa shape index (κ1) is 19.7. The van der Waals surface area contributed by atoms with Crippen molar-refractivity contribution in [3.8, 4) is 5.75 Å². The first-order chi connectivity index (χ1) is 13.6. The highest BCUT2D eigenvalue weighted by Gasteiger charge is 2.10. The predicted molar refractivity (Wildman–Crippen MR) is 109 cm³/mol. The van der Waals surface area contributed by atoms with Gasteiger partial charge >= 0.3 is 5.97 Å². The maximum atomic E-state index is 11.9. The van der Waals surface area contributed by atoms with Crippen molar-refractivity contribution in [1.29, 1.82) is 0 Å². The molecule has 0 aromatic heterocycles. The molecule has 0 aliphatic carbocycles. The van der Waals surface area contributed by atoms with Crippen molar-refractivity contribution >= 4 is 34.2 Å². The van der Waals surface area contributed by atoms with Crippen molar-refractivity contribution in [2.75, 3.05) is 19.8 Å². The number of halogens is 1. The number of amides is 1. The molecule has 3 rings (SSSR count). The Balaban J connectivity index is 1.41. The molecule has 1 N–H and O–H groups in total. The number of ether oxygens (including phenoxy) is 2. The normalized spacial score (nSPS) is 10.5. The van der Waals surface area contributed by atoms with E-state index in [9.17, 15) is 9.59 Å². The second-order valence-electron chi connectivity index (χ2n) is 6.13. The van der Waals surface area contributed by atoms with Crippen LogP contribution in [0.4, 0.5) is 0 Å². The van der Waals surface area contributed by atoms with E-state index in [0.29, 0.717) is 23.7 Å². The number of hydrogen-bond acceptors (Lipinski definition) is 4. The molecule has 1 amide bonds. The van der Waals surface area contributed by atoms with E-state index in [-0.39, 0.29) is 19.1 Å². The summed E-state index contributed by atoms with van der Waals surface area (Å²) in [5.41, 5.74) is 1.13. The van der Waals surface area contributed by atoms with Gasteiger partial charge in [0.2, 0.25) is 0 Å². The van der Waals surface area contributed by atoms with Crippen molar-refractivity contribution in [2.24, 2.45) is 0 Å². The lowest BCUT2D eigenvalue weighted by molar-refractivity contribution is -0.150. The van der Waals surface area contributed by atoms with Crippen molar-refractivity contribution < 1.29 is 19.1 Å². The minimum Gasteiger partial charge on any atom is -0.481 e. The summed E-state index contributed by atoms with van der Waals surface area (Å²) in [4.78, 5) is 23.6. The molecule has 3 aromatic rings. The van der Waals surface area contributed by atoms with Crippen molar-refractivity contribution in [1.82, 2.24) is 5.32 Å². The quantitative estimate of drug-likeness (QED) is 0.587. The van der Waals surface area contributed by atoms with Gasteiger partial charge in [0, 0.05) is 22.3 Å². The van der Waals surface area contributed by atoms with Gasteiger partial charge in [-0.25, -0.2) is 4.79 Å². The van der Waals surface area contributed by atoms with Crippen LogP contribution in [0.25, 0.3) is 10.8 Å². The van der Waals surface area contributed by atoms with Crippen molar-refractivity contribution in [3.05, 3.63) is 77.3 Å². The van der Waals surface area contributed by atoms with Gasteiger partial charge in [-0.2, -0.15) is 0 Å². The number of benzene rings is 3. The molecule has 0 atom stereocenters. The Kier molecular flexibility index (Phi) is 6.87. The molecule has 6 heteroatoms. The fraction of sp³-hybridized carbons (Fsp3) is 0.182. The third kappa shape index (κ3) is 5.47. The van der Waals surface area contributed by atoms with Crippen molar-refractivity contribution in [3.63, 3.8) is 0 Å². The van der Waals surface area contributed by atoms with Crippen LogP contribution < -0.4 is 10.1 Å². The second-order valence-corrected chi connectivity index (χ2v) is 6.53. The second kappa shape index (κ2) is 9.76. The molecule has 0 radical (unpaired) electrons. The average molecular weight is 398 g/mol. The first-order valence-corrected chi connectivity index (χ1v) is 9.27. The highest BCUT2D eigenvalue weighted by atomic mass is 35.5. The monoisotopic (exact) mass is 397 g/mol. The SMILES string of the molecule is O=C(COC(=O)COc1ccc(Cl)c2ccccc12)NCCc1ccccc1. The number of esters is 1. The molecule has 0 saturated carbocycles. The molecule has 3 aromatic carbocycles. The maximum Gasteiger partial charge on any atom is 0.344 e. The number of carbonyl (C=O) groups is 2. The van der Waals surface area contributed by atoms with Crippen LogP contribution in [-0.2, 0) is 20.7 Å². The molecule has 0 saturated heterocycles. The van der Waals surface area contributed by atoms with E-state index in [1.807, 2.05) is 54.6 Å². The lowest BCUT2D eigenvalue weighted by Gasteiger charge is -2.10. The van der Waals surface area contributed by atoms with Gasteiger partial charge in [0.05, 0.1) is 0 Å². The van der Waals surface area contributed by atoms with Crippen LogP contribution in [0.1, 0.15) is 5.56 Å². The lowest BCUT2D eigenvalue weighted by atomic mass is 10.1. The Labute approximate surface area is 168 Å². The van der Waals surface area contributed by atoms with Crippen LogP contribution in [0.15, 0.2) is 66.7 Å². The largest absolute Gasteiger partial charge is 0.481 e. The van der Waals surface area contributed by atoms with Gasteiger partial charge in [0.1, 0.15) is 5.75 Å². The number of nitrogens with one attached hydrogen (secondary N) is 1. The Hall–Kier alpha value is -3.05. The molecular weight excluding hydrogens is 378 g/mol. The van der Waals surface area contributed by atoms with Gasteiger partial charge < -0.3 is 14.8 Å². The maximum absolute atomic E-state index is 11.9. The fourth-order valence-electron chi connectivity index (χ4n) is 2.73. The van der Waals surface area contributed by atoms with Gasteiger partial charge in [-0.3, -0.25) is 4.79 Å².